The van der Waals surface area contributed by atoms with Gasteiger partial charge >= 0.3 is 0 Å². The molecule has 47 heavy (non-hydrogen) atoms. The van der Waals surface area contributed by atoms with Gasteiger partial charge in [-0.15, -0.1) is 0 Å². The van der Waals surface area contributed by atoms with Crippen molar-refractivity contribution in [3.05, 3.63) is 96.9 Å². The van der Waals surface area contributed by atoms with Gasteiger partial charge in [-0.2, -0.15) is 0 Å². The van der Waals surface area contributed by atoms with Crippen molar-refractivity contribution in [1.29, 1.82) is 0 Å². The first-order chi connectivity index (χ1) is 22.9. The Kier molecular flexibility index (Phi) is 9.74. The highest BCUT2D eigenvalue weighted by Gasteiger charge is 2.30. The quantitative estimate of drug-likeness (QED) is 0.213. The molecule has 0 bridgehead atoms. The van der Waals surface area contributed by atoms with Gasteiger partial charge in [-0.25, -0.2) is 19.4 Å². The summed E-state index contributed by atoms with van der Waals surface area (Å²) in [5, 5.41) is 7.91. The zero-order chi connectivity index (χ0) is 32.8. The SMILES string of the molecule is C=CC(=O)Nc1cc(Nc2cc(N3OCCC3c3cc(F)cc(OCc4ccccn4)c3)ncn2)c(OC)cc1N1CCN(C)CC1. The molecule has 0 radical (unpaired) electrons. The molecule has 2 aromatic heterocycles. The number of piperazine rings is 1. The second-order valence-corrected chi connectivity index (χ2v) is 11.2. The van der Waals surface area contributed by atoms with Gasteiger partial charge < -0.3 is 29.9 Å². The maximum atomic E-state index is 14.8. The number of hydrogen-bond acceptors (Lipinski definition) is 11. The van der Waals surface area contributed by atoms with Crippen molar-refractivity contribution in [3.8, 4) is 11.5 Å². The van der Waals surface area contributed by atoms with Gasteiger partial charge in [-0.1, -0.05) is 12.6 Å². The Morgan fingerprint density at radius 1 is 1.09 bits per heavy atom. The van der Waals surface area contributed by atoms with E-state index in [4.69, 9.17) is 14.3 Å². The number of methoxy groups -OCH3 is 1. The number of nitrogens with zero attached hydrogens (tertiary/aromatic N) is 6. The third-order valence-corrected chi connectivity index (χ3v) is 8.04. The number of rotatable bonds is 11. The van der Waals surface area contributed by atoms with Gasteiger partial charge in [0, 0.05) is 57.0 Å². The summed E-state index contributed by atoms with van der Waals surface area (Å²) in [5.41, 5.74) is 3.49. The number of carbonyl (C=O) groups excluding carboxylic acids is 1. The molecule has 6 rings (SSSR count). The molecule has 2 aliphatic heterocycles. The number of pyridine rings is 1. The zero-order valence-corrected chi connectivity index (χ0v) is 26.4. The zero-order valence-electron chi connectivity index (χ0n) is 26.4. The van der Waals surface area contributed by atoms with E-state index in [2.05, 4.69) is 49.0 Å². The first kappa shape index (κ1) is 31.7. The van der Waals surface area contributed by atoms with E-state index in [0.29, 0.717) is 53.1 Å². The van der Waals surface area contributed by atoms with Gasteiger partial charge in [0.05, 0.1) is 42.5 Å². The number of nitrogens with one attached hydrogen (secondary N) is 2. The second kappa shape index (κ2) is 14.4. The van der Waals surface area contributed by atoms with E-state index in [1.54, 1.807) is 24.4 Å². The highest BCUT2D eigenvalue weighted by molar-refractivity contribution is 6.02. The summed E-state index contributed by atoms with van der Waals surface area (Å²) in [7, 11) is 3.68. The molecule has 4 aromatic rings. The Hall–Kier alpha value is -5.27. The minimum Gasteiger partial charge on any atom is -0.494 e. The van der Waals surface area contributed by atoms with Crippen molar-refractivity contribution in [2.45, 2.75) is 19.1 Å². The van der Waals surface area contributed by atoms with E-state index in [1.165, 1.54) is 24.5 Å². The monoisotopic (exact) mass is 640 g/mol. The Morgan fingerprint density at radius 2 is 1.94 bits per heavy atom. The number of benzene rings is 2. The van der Waals surface area contributed by atoms with Crippen LogP contribution in [0.1, 0.15) is 23.7 Å². The first-order valence-electron chi connectivity index (χ1n) is 15.3. The lowest BCUT2D eigenvalue weighted by Crippen LogP contribution is -2.44. The Morgan fingerprint density at radius 3 is 2.70 bits per heavy atom. The van der Waals surface area contributed by atoms with Crippen LogP contribution in [0.4, 0.5) is 33.1 Å². The molecule has 2 N–H and O–H groups in total. The van der Waals surface area contributed by atoms with Crippen LogP contribution in [0.3, 0.4) is 0 Å². The summed E-state index contributed by atoms with van der Waals surface area (Å²) in [6.07, 6.45) is 4.97. The Bertz CT molecular complexity index is 1720. The summed E-state index contributed by atoms with van der Waals surface area (Å²) in [5.74, 6) is 1.19. The third-order valence-electron chi connectivity index (χ3n) is 8.04. The number of halogens is 1. The lowest BCUT2D eigenvalue weighted by molar-refractivity contribution is -0.111. The maximum absolute atomic E-state index is 14.8. The summed E-state index contributed by atoms with van der Waals surface area (Å²) >= 11 is 0. The molecule has 2 aliphatic rings. The number of likely N-dealkylation sites (N-methyl/N-ethyl adjacent to an activating group) is 1. The molecule has 0 saturated carbocycles. The normalized spacial score (nSPS) is 16.5. The molecule has 1 atom stereocenters. The van der Waals surface area contributed by atoms with E-state index in [-0.39, 0.29) is 18.6 Å². The Labute approximate surface area is 272 Å². The lowest BCUT2D eigenvalue weighted by atomic mass is 10.0. The fraction of sp³-hybridized carbons (Fsp3) is 0.294. The molecule has 244 valence electrons. The molecule has 2 saturated heterocycles. The van der Waals surface area contributed by atoms with Crippen LogP contribution in [0.2, 0.25) is 0 Å². The van der Waals surface area contributed by atoms with Crippen molar-refractivity contribution in [1.82, 2.24) is 19.9 Å². The predicted molar refractivity (Wildman–Crippen MR) is 178 cm³/mol. The van der Waals surface area contributed by atoms with E-state index in [1.807, 2.05) is 36.4 Å². The second-order valence-electron chi connectivity index (χ2n) is 11.2. The summed E-state index contributed by atoms with van der Waals surface area (Å²) in [4.78, 5) is 36.0. The van der Waals surface area contributed by atoms with Crippen LogP contribution >= 0.6 is 0 Å². The predicted octanol–water partition coefficient (Wildman–Crippen LogP) is 5.10. The standard InChI is InChI=1S/C34H37FN8O4/c1-4-34(44)40-27-18-28(31(45-3)19-30(27)42-12-10-41(2)11-13-42)39-32-20-33(38-22-37-32)43-29(8-14-47-43)23-15-24(35)17-26(16-23)46-21-25-7-5-6-9-36-25/h4-7,9,15-20,22,29H,1,8,10-14,21H2,2-3H3,(H,40,44)(H,37,38,39). The first-order valence-corrected chi connectivity index (χ1v) is 15.3. The largest absolute Gasteiger partial charge is 0.494 e. The molecule has 12 nitrogen and oxygen atoms in total. The summed E-state index contributed by atoms with van der Waals surface area (Å²) in [6.45, 7) is 7.65. The van der Waals surface area contributed by atoms with E-state index in [0.717, 1.165) is 37.6 Å². The van der Waals surface area contributed by atoms with E-state index >= 15 is 0 Å². The molecule has 1 unspecified atom stereocenters. The van der Waals surface area contributed by atoms with Gasteiger partial charge in [0.2, 0.25) is 5.91 Å². The molecule has 13 heteroatoms. The number of anilines is 5. The molecule has 0 spiro atoms. The minimum absolute atomic E-state index is 0.217. The average Bonchev–Trinajstić information content (AvgIpc) is 3.59. The lowest BCUT2D eigenvalue weighted by Gasteiger charge is -2.35. The number of carbonyl (C=O) groups is 1. The van der Waals surface area contributed by atoms with E-state index in [9.17, 15) is 9.18 Å². The van der Waals surface area contributed by atoms with Crippen LogP contribution in [-0.2, 0) is 16.2 Å². The van der Waals surface area contributed by atoms with Crippen molar-refractivity contribution in [2.75, 3.05) is 67.5 Å². The van der Waals surface area contributed by atoms with Crippen LogP contribution in [0.25, 0.3) is 0 Å². The number of amides is 1. The van der Waals surface area contributed by atoms with Crippen LogP contribution in [0, 0.1) is 5.82 Å². The smallest absolute Gasteiger partial charge is 0.247 e. The van der Waals surface area contributed by atoms with E-state index < -0.39 is 5.82 Å². The van der Waals surface area contributed by atoms with Gasteiger partial charge in [0.1, 0.15) is 36.1 Å². The van der Waals surface area contributed by atoms with Crippen molar-refractivity contribution < 1.29 is 23.5 Å². The fourth-order valence-corrected chi connectivity index (χ4v) is 5.60. The number of aromatic nitrogens is 3. The van der Waals surface area contributed by atoms with Gasteiger partial charge in [0.15, 0.2) is 5.82 Å². The van der Waals surface area contributed by atoms with Crippen LogP contribution in [0.15, 0.2) is 79.8 Å². The molecule has 1 amide bonds. The number of hydroxylamine groups is 1. The van der Waals surface area contributed by atoms with Crippen molar-refractivity contribution >= 4 is 34.6 Å². The Balaban J connectivity index is 1.24. The number of ether oxygens (including phenoxy) is 2. The molecule has 0 aliphatic carbocycles. The van der Waals surface area contributed by atoms with Crippen LogP contribution in [-0.4, -0.2) is 72.7 Å². The van der Waals surface area contributed by atoms with Crippen LogP contribution in [0.5, 0.6) is 11.5 Å². The molecular weight excluding hydrogens is 603 g/mol. The van der Waals surface area contributed by atoms with Crippen molar-refractivity contribution in [2.24, 2.45) is 0 Å². The van der Waals surface area contributed by atoms with Gasteiger partial charge in [-0.05, 0) is 49.0 Å². The molecule has 2 aromatic carbocycles. The molecule has 4 heterocycles. The minimum atomic E-state index is -0.415. The number of hydrogen-bond donors (Lipinski definition) is 2. The topological polar surface area (TPSA) is 117 Å². The molecular formula is C34H37FN8O4. The van der Waals surface area contributed by atoms with Crippen molar-refractivity contribution in [3.63, 3.8) is 0 Å². The highest BCUT2D eigenvalue weighted by atomic mass is 19.1. The van der Waals surface area contributed by atoms with Gasteiger partial charge in [0.25, 0.3) is 0 Å². The maximum Gasteiger partial charge on any atom is 0.247 e. The molecule has 2 fully saturated rings. The summed E-state index contributed by atoms with van der Waals surface area (Å²) in [6, 6.07) is 15.4. The average molecular weight is 641 g/mol. The third kappa shape index (κ3) is 7.59. The van der Waals surface area contributed by atoms with Crippen LogP contribution < -0.4 is 30.1 Å². The van der Waals surface area contributed by atoms with Gasteiger partial charge in [-0.3, -0.25) is 14.6 Å². The highest BCUT2D eigenvalue weighted by Crippen LogP contribution is 2.40. The summed E-state index contributed by atoms with van der Waals surface area (Å²) < 4.78 is 26.4. The fourth-order valence-electron chi connectivity index (χ4n) is 5.60.